The Morgan fingerprint density at radius 1 is 1.06 bits per heavy atom. The topological polar surface area (TPSA) is 82.0 Å². The molecule has 0 fully saturated rings. The quantitative estimate of drug-likeness (QED) is 0.693. The summed E-state index contributed by atoms with van der Waals surface area (Å²) in [6.45, 7) is 0.426. The smallest absolute Gasteiger partial charge is 0.272 e. The fraction of sp³-hybridized carbons (Fsp3) is 0.160. The summed E-state index contributed by atoms with van der Waals surface area (Å²) in [7, 11) is 0. The van der Waals surface area contributed by atoms with Gasteiger partial charge in [-0.3, -0.25) is 9.59 Å². The summed E-state index contributed by atoms with van der Waals surface area (Å²) in [4.78, 5) is 32.7. The van der Waals surface area contributed by atoms with E-state index in [1.165, 1.54) is 0 Å². The first kappa shape index (κ1) is 19.2. The van der Waals surface area contributed by atoms with Gasteiger partial charge in [0.2, 0.25) is 6.17 Å². The summed E-state index contributed by atoms with van der Waals surface area (Å²) in [5.41, 5.74) is 5.35. The Morgan fingerprint density at radius 2 is 1.77 bits per heavy atom. The van der Waals surface area contributed by atoms with Crippen molar-refractivity contribution in [3.63, 3.8) is 0 Å². The van der Waals surface area contributed by atoms with Crippen LogP contribution in [0.3, 0.4) is 0 Å². The maximum Gasteiger partial charge on any atom is 0.272 e. The molecule has 5 rings (SSSR count). The second kappa shape index (κ2) is 7.81. The van der Waals surface area contributed by atoms with Gasteiger partial charge in [0, 0.05) is 23.2 Å². The number of hydrogen-bond acceptors (Lipinski definition) is 4. The second-order valence-corrected chi connectivity index (χ2v) is 7.63. The molecule has 0 spiro atoms. The maximum absolute atomic E-state index is 13.4. The van der Waals surface area contributed by atoms with Gasteiger partial charge in [-0.15, -0.1) is 0 Å². The van der Waals surface area contributed by atoms with Crippen LogP contribution in [-0.4, -0.2) is 35.3 Å². The highest BCUT2D eigenvalue weighted by Gasteiger charge is 2.37. The molecule has 154 valence electrons. The van der Waals surface area contributed by atoms with Crippen LogP contribution in [0.15, 0.2) is 77.8 Å². The van der Waals surface area contributed by atoms with E-state index in [1.54, 1.807) is 29.2 Å². The average molecular weight is 411 g/mol. The Kier molecular flexibility index (Phi) is 4.84. The van der Waals surface area contributed by atoms with Crippen LogP contribution in [0.1, 0.15) is 32.6 Å². The molecule has 0 radical (unpaired) electrons. The van der Waals surface area contributed by atoms with E-state index in [4.69, 9.17) is 4.99 Å². The molecule has 2 aliphatic heterocycles. The van der Waals surface area contributed by atoms with E-state index in [0.29, 0.717) is 24.2 Å². The zero-order valence-electron chi connectivity index (χ0n) is 16.8. The lowest BCUT2D eigenvalue weighted by Gasteiger charge is -2.21. The SMILES string of the molecule is O=C(NC1N=C(c2ccccc2)c2cc(CO)cc3c2N(CC3)C1=O)c1ccccc1. The number of nitrogens with one attached hydrogen (secondary N) is 1. The number of nitrogens with zero attached hydrogens (tertiary/aromatic N) is 2. The summed E-state index contributed by atoms with van der Waals surface area (Å²) in [6.07, 6.45) is -0.345. The van der Waals surface area contributed by atoms with Gasteiger partial charge in [0.25, 0.3) is 11.8 Å². The van der Waals surface area contributed by atoms with Gasteiger partial charge < -0.3 is 15.3 Å². The number of aliphatic imine (C=N–C) groups is 1. The molecule has 6 heteroatoms. The number of carbonyl (C=O) groups excluding carboxylic acids is 2. The molecule has 1 atom stereocenters. The highest BCUT2D eigenvalue weighted by atomic mass is 16.3. The van der Waals surface area contributed by atoms with E-state index < -0.39 is 6.17 Å². The first-order valence-electron chi connectivity index (χ1n) is 10.2. The van der Waals surface area contributed by atoms with E-state index in [1.807, 2.05) is 48.5 Å². The van der Waals surface area contributed by atoms with Crippen molar-refractivity contribution in [2.45, 2.75) is 19.2 Å². The zero-order valence-corrected chi connectivity index (χ0v) is 16.8. The van der Waals surface area contributed by atoms with Crippen molar-refractivity contribution < 1.29 is 14.7 Å². The molecule has 2 amide bonds. The van der Waals surface area contributed by atoms with Crippen LogP contribution >= 0.6 is 0 Å². The van der Waals surface area contributed by atoms with Crippen molar-refractivity contribution in [1.29, 1.82) is 0 Å². The summed E-state index contributed by atoms with van der Waals surface area (Å²) < 4.78 is 0. The van der Waals surface area contributed by atoms with Gasteiger partial charge >= 0.3 is 0 Å². The molecule has 0 saturated carbocycles. The van der Waals surface area contributed by atoms with Crippen LogP contribution in [0, 0.1) is 0 Å². The fourth-order valence-electron chi connectivity index (χ4n) is 4.22. The van der Waals surface area contributed by atoms with Gasteiger partial charge in [0.1, 0.15) is 0 Å². The predicted octanol–water partition coefficient (Wildman–Crippen LogP) is 2.68. The lowest BCUT2D eigenvalue weighted by atomic mass is 9.95. The van der Waals surface area contributed by atoms with Crippen LogP contribution in [0.4, 0.5) is 5.69 Å². The third-order valence-corrected chi connectivity index (χ3v) is 5.67. The third-order valence-electron chi connectivity index (χ3n) is 5.67. The molecule has 2 N–H and O–H groups in total. The molecule has 3 aromatic rings. The summed E-state index contributed by atoms with van der Waals surface area (Å²) in [5.74, 6) is -0.608. The largest absolute Gasteiger partial charge is 0.392 e. The Morgan fingerprint density at radius 3 is 2.48 bits per heavy atom. The lowest BCUT2D eigenvalue weighted by Crippen LogP contribution is -2.46. The Balaban J connectivity index is 1.64. The monoisotopic (exact) mass is 411 g/mol. The number of aliphatic hydroxyl groups excluding tert-OH is 1. The number of benzene rings is 3. The van der Waals surface area contributed by atoms with Crippen LogP contribution in [0.2, 0.25) is 0 Å². The van der Waals surface area contributed by atoms with Crippen molar-refractivity contribution in [1.82, 2.24) is 5.32 Å². The molecule has 1 unspecified atom stereocenters. The first-order valence-corrected chi connectivity index (χ1v) is 10.2. The number of rotatable bonds is 4. The summed E-state index contributed by atoms with van der Waals surface area (Å²) in [6, 6.07) is 22.2. The number of carbonyl (C=O) groups is 2. The van der Waals surface area contributed by atoms with Gasteiger partial charge in [-0.2, -0.15) is 0 Å². The minimum atomic E-state index is -1.04. The normalized spacial score (nSPS) is 17.1. The summed E-state index contributed by atoms with van der Waals surface area (Å²) in [5, 5.41) is 12.6. The predicted molar refractivity (Wildman–Crippen MR) is 118 cm³/mol. The number of aliphatic hydroxyl groups is 1. The first-order chi connectivity index (χ1) is 15.2. The van der Waals surface area contributed by atoms with Crippen LogP contribution < -0.4 is 10.2 Å². The average Bonchev–Trinajstić information content (AvgIpc) is 3.21. The van der Waals surface area contributed by atoms with Gasteiger partial charge in [-0.1, -0.05) is 54.6 Å². The van der Waals surface area contributed by atoms with Gasteiger partial charge in [-0.25, -0.2) is 4.99 Å². The van der Waals surface area contributed by atoms with Crippen molar-refractivity contribution in [2.24, 2.45) is 4.99 Å². The highest BCUT2D eigenvalue weighted by molar-refractivity contribution is 6.21. The van der Waals surface area contributed by atoms with E-state index in [9.17, 15) is 14.7 Å². The number of anilines is 1. The van der Waals surface area contributed by atoms with Gasteiger partial charge in [0.15, 0.2) is 0 Å². The zero-order chi connectivity index (χ0) is 21.4. The van der Waals surface area contributed by atoms with E-state index in [2.05, 4.69) is 5.32 Å². The molecule has 31 heavy (non-hydrogen) atoms. The molecule has 6 nitrogen and oxygen atoms in total. The van der Waals surface area contributed by atoms with Gasteiger partial charge in [-0.05, 0) is 35.7 Å². The van der Waals surface area contributed by atoms with E-state index >= 15 is 0 Å². The molecule has 0 saturated heterocycles. The van der Waals surface area contributed by atoms with Crippen molar-refractivity contribution in [3.8, 4) is 0 Å². The lowest BCUT2D eigenvalue weighted by molar-refractivity contribution is -0.120. The van der Waals surface area contributed by atoms with Crippen molar-refractivity contribution in [2.75, 3.05) is 11.4 Å². The standard InChI is InChI=1S/C25H21N3O3/c29-15-16-13-19-11-12-28-22(19)20(14-16)21(17-7-3-1-4-8-17)26-23(25(28)31)27-24(30)18-9-5-2-6-10-18/h1-10,13-14,23,29H,11-12,15H2,(H,27,30). The number of hydrogen-bond donors (Lipinski definition) is 2. The Hall–Kier alpha value is -3.77. The summed E-state index contributed by atoms with van der Waals surface area (Å²) >= 11 is 0. The van der Waals surface area contributed by atoms with Crippen molar-refractivity contribution >= 4 is 23.2 Å². The van der Waals surface area contributed by atoms with Gasteiger partial charge in [0.05, 0.1) is 18.0 Å². The fourth-order valence-corrected chi connectivity index (χ4v) is 4.22. The maximum atomic E-state index is 13.4. The molecule has 0 aliphatic carbocycles. The highest BCUT2D eigenvalue weighted by Crippen LogP contribution is 2.37. The Bertz CT molecular complexity index is 1190. The number of amides is 2. The minimum Gasteiger partial charge on any atom is -0.392 e. The molecule has 3 aromatic carbocycles. The van der Waals surface area contributed by atoms with E-state index in [-0.39, 0.29) is 18.4 Å². The van der Waals surface area contributed by atoms with Crippen LogP contribution in [0.5, 0.6) is 0 Å². The molecule has 0 aromatic heterocycles. The van der Waals surface area contributed by atoms with Crippen LogP contribution in [0.25, 0.3) is 0 Å². The molecular formula is C25H21N3O3. The molecule has 2 aliphatic rings. The van der Waals surface area contributed by atoms with Crippen LogP contribution in [-0.2, 0) is 17.8 Å². The molecule has 0 bridgehead atoms. The second-order valence-electron chi connectivity index (χ2n) is 7.63. The van der Waals surface area contributed by atoms with Crippen molar-refractivity contribution in [3.05, 3.63) is 101 Å². The molecule has 2 heterocycles. The molecular weight excluding hydrogens is 390 g/mol. The Labute approximate surface area is 179 Å². The minimum absolute atomic E-state index is 0.0928. The van der Waals surface area contributed by atoms with E-state index in [0.717, 1.165) is 27.9 Å². The third kappa shape index (κ3) is 3.41.